The summed E-state index contributed by atoms with van der Waals surface area (Å²) in [6.07, 6.45) is 0.847. The van der Waals surface area contributed by atoms with Gasteiger partial charge in [0.2, 0.25) is 0 Å². The molecule has 1 atom stereocenters. The number of hydrogen-bond acceptors (Lipinski definition) is 4. The van der Waals surface area contributed by atoms with Crippen LogP contribution in [0.3, 0.4) is 0 Å². The smallest absolute Gasteiger partial charge is 0.350 e. The first-order valence-electron chi connectivity index (χ1n) is 6.55. The molecule has 0 saturated heterocycles. The molecule has 0 bridgehead atoms. The van der Waals surface area contributed by atoms with Crippen molar-refractivity contribution in [3.8, 4) is 5.75 Å². The molecule has 3 rings (SSSR count). The largest absolute Gasteiger partial charge is 0.497 e. The number of methoxy groups -OCH3 is 1. The molecule has 0 radical (unpaired) electrons. The number of pyridine rings is 1. The van der Waals surface area contributed by atoms with E-state index < -0.39 is 6.10 Å². The first-order chi connectivity index (χ1) is 10.2. The fourth-order valence-electron chi connectivity index (χ4n) is 2.18. The fraction of sp³-hybridized carbons (Fsp3) is 0.200. The number of benzene rings is 1. The molecule has 21 heavy (non-hydrogen) atoms. The summed E-state index contributed by atoms with van der Waals surface area (Å²) in [6.45, 7) is 0.104. The van der Waals surface area contributed by atoms with Crippen LogP contribution in [-0.4, -0.2) is 26.4 Å². The van der Waals surface area contributed by atoms with E-state index >= 15 is 0 Å². The summed E-state index contributed by atoms with van der Waals surface area (Å²) in [7, 11) is 1.58. The van der Waals surface area contributed by atoms with Crippen LogP contribution in [0.15, 0.2) is 53.5 Å². The van der Waals surface area contributed by atoms with Crippen molar-refractivity contribution in [2.45, 2.75) is 12.6 Å². The summed E-state index contributed by atoms with van der Waals surface area (Å²) < 4.78 is 7.79. The minimum Gasteiger partial charge on any atom is -0.497 e. The van der Waals surface area contributed by atoms with Crippen molar-refractivity contribution < 1.29 is 9.84 Å². The van der Waals surface area contributed by atoms with E-state index in [-0.39, 0.29) is 12.2 Å². The first kappa shape index (κ1) is 13.4. The Bertz CT molecular complexity index is 805. The minimum atomic E-state index is -0.807. The number of rotatable bonds is 4. The number of aromatic nitrogens is 3. The van der Waals surface area contributed by atoms with E-state index in [0.29, 0.717) is 11.2 Å². The quantitative estimate of drug-likeness (QED) is 0.783. The van der Waals surface area contributed by atoms with Crippen LogP contribution in [0, 0.1) is 0 Å². The van der Waals surface area contributed by atoms with Crippen LogP contribution >= 0.6 is 0 Å². The predicted octanol–water partition coefficient (Wildman–Crippen LogP) is 1.24. The van der Waals surface area contributed by atoms with E-state index in [1.54, 1.807) is 49.7 Å². The molecule has 1 unspecified atom stereocenters. The Morgan fingerprint density at radius 1 is 1.24 bits per heavy atom. The van der Waals surface area contributed by atoms with E-state index in [2.05, 4.69) is 5.10 Å². The van der Waals surface area contributed by atoms with E-state index in [1.807, 2.05) is 6.07 Å². The Balaban J connectivity index is 1.87. The first-order valence-corrected chi connectivity index (χ1v) is 6.55. The zero-order valence-electron chi connectivity index (χ0n) is 11.5. The van der Waals surface area contributed by atoms with Gasteiger partial charge in [0.15, 0.2) is 5.65 Å². The number of hydrogen-bond donors (Lipinski definition) is 1. The van der Waals surface area contributed by atoms with Crippen LogP contribution in [0.1, 0.15) is 11.7 Å². The highest BCUT2D eigenvalue weighted by atomic mass is 16.5. The van der Waals surface area contributed by atoms with Crippen molar-refractivity contribution in [3.05, 3.63) is 64.7 Å². The highest BCUT2D eigenvalue weighted by molar-refractivity contribution is 5.35. The van der Waals surface area contributed by atoms with Crippen molar-refractivity contribution in [3.63, 3.8) is 0 Å². The zero-order chi connectivity index (χ0) is 14.8. The van der Waals surface area contributed by atoms with E-state index in [9.17, 15) is 9.90 Å². The molecule has 6 heteroatoms. The van der Waals surface area contributed by atoms with Gasteiger partial charge in [0.1, 0.15) is 5.75 Å². The van der Waals surface area contributed by atoms with Gasteiger partial charge in [-0.2, -0.15) is 0 Å². The third-order valence-corrected chi connectivity index (χ3v) is 3.33. The van der Waals surface area contributed by atoms with E-state index in [4.69, 9.17) is 4.74 Å². The van der Waals surface area contributed by atoms with Gasteiger partial charge < -0.3 is 9.84 Å². The summed E-state index contributed by atoms with van der Waals surface area (Å²) in [5.74, 6) is 0.718. The number of aliphatic hydroxyl groups is 1. The molecule has 1 N–H and O–H groups in total. The average Bonchev–Trinajstić information content (AvgIpc) is 2.84. The topological polar surface area (TPSA) is 68.8 Å². The van der Waals surface area contributed by atoms with Crippen LogP contribution < -0.4 is 10.4 Å². The Hall–Kier alpha value is -2.60. The second-order valence-corrected chi connectivity index (χ2v) is 4.68. The SMILES string of the molecule is COc1ccc(C(O)Cn2nc3ccccn3c2=O)cc1. The highest BCUT2D eigenvalue weighted by Gasteiger charge is 2.13. The molecule has 2 heterocycles. The molecule has 0 fully saturated rings. The molecule has 6 nitrogen and oxygen atoms in total. The van der Waals surface area contributed by atoms with Crippen LogP contribution in [0.4, 0.5) is 0 Å². The zero-order valence-corrected chi connectivity index (χ0v) is 11.5. The Morgan fingerprint density at radius 2 is 2.00 bits per heavy atom. The molecule has 0 aliphatic heterocycles. The molecule has 0 amide bonds. The van der Waals surface area contributed by atoms with Crippen molar-refractivity contribution in [1.29, 1.82) is 0 Å². The lowest BCUT2D eigenvalue weighted by molar-refractivity contribution is 0.150. The molecule has 0 spiro atoms. The Morgan fingerprint density at radius 3 is 2.67 bits per heavy atom. The minimum absolute atomic E-state index is 0.104. The van der Waals surface area contributed by atoms with Gasteiger partial charge in [0.05, 0.1) is 19.8 Å². The van der Waals surface area contributed by atoms with Crippen LogP contribution in [0.2, 0.25) is 0 Å². The van der Waals surface area contributed by atoms with Crippen LogP contribution in [0.25, 0.3) is 5.65 Å². The van der Waals surface area contributed by atoms with Gasteiger partial charge in [-0.15, -0.1) is 5.10 Å². The lowest BCUT2D eigenvalue weighted by Gasteiger charge is -2.10. The summed E-state index contributed by atoms with van der Waals surface area (Å²) in [5, 5.41) is 14.4. The maximum atomic E-state index is 12.1. The lowest BCUT2D eigenvalue weighted by atomic mass is 10.1. The van der Waals surface area contributed by atoms with Gasteiger partial charge >= 0.3 is 5.69 Å². The van der Waals surface area contributed by atoms with Gasteiger partial charge in [-0.1, -0.05) is 18.2 Å². The van der Waals surface area contributed by atoms with Gasteiger partial charge in [-0.3, -0.25) is 4.40 Å². The molecule has 0 aliphatic carbocycles. The number of fused-ring (bicyclic) bond motifs is 1. The van der Waals surface area contributed by atoms with Gasteiger partial charge in [0.25, 0.3) is 0 Å². The molecular weight excluding hydrogens is 270 g/mol. The summed E-state index contributed by atoms with van der Waals surface area (Å²) in [6, 6.07) is 12.4. The second-order valence-electron chi connectivity index (χ2n) is 4.68. The molecule has 0 aliphatic rings. The fourth-order valence-corrected chi connectivity index (χ4v) is 2.18. The third-order valence-electron chi connectivity index (χ3n) is 3.33. The van der Waals surface area contributed by atoms with Crippen molar-refractivity contribution in [2.24, 2.45) is 0 Å². The van der Waals surface area contributed by atoms with Gasteiger partial charge in [-0.05, 0) is 29.8 Å². The average molecular weight is 285 g/mol. The van der Waals surface area contributed by atoms with Crippen molar-refractivity contribution in [1.82, 2.24) is 14.2 Å². The molecule has 2 aromatic heterocycles. The van der Waals surface area contributed by atoms with Gasteiger partial charge in [0, 0.05) is 6.20 Å². The molecule has 108 valence electrons. The van der Waals surface area contributed by atoms with E-state index in [0.717, 1.165) is 5.75 Å². The lowest BCUT2D eigenvalue weighted by Crippen LogP contribution is -2.24. The van der Waals surface area contributed by atoms with Crippen molar-refractivity contribution >= 4 is 5.65 Å². The molecule has 3 aromatic rings. The molecular formula is C15H15N3O3. The monoisotopic (exact) mass is 285 g/mol. The van der Waals surface area contributed by atoms with Crippen molar-refractivity contribution in [2.75, 3.05) is 7.11 Å². The number of aliphatic hydroxyl groups excluding tert-OH is 1. The maximum absolute atomic E-state index is 12.1. The Kier molecular flexibility index (Phi) is 3.45. The number of nitrogens with zero attached hydrogens (tertiary/aromatic N) is 3. The summed E-state index contributed by atoms with van der Waals surface area (Å²) in [4.78, 5) is 12.1. The maximum Gasteiger partial charge on any atom is 0.350 e. The molecule has 1 aromatic carbocycles. The van der Waals surface area contributed by atoms with E-state index in [1.165, 1.54) is 9.08 Å². The van der Waals surface area contributed by atoms with Crippen LogP contribution in [-0.2, 0) is 6.54 Å². The molecule has 0 saturated carbocycles. The standard InChI is InChI=1S/C15H15N3O3/c1-21-12-7-5-11(6-8-12)13(19)10-18-15(20)17-9-3-2-4-14(17)16-18/h2-9,13,19H,10H2,1H3. The third kappa shape index (κ3) is 2.53. The predicted molar refractivity (Wildman–Crippen MR) is 77.4 cm³/mol. The highest BCUT2D eigenvalue weighted by Crippen LogP contribution is 2.18. The summed E-state index contributed by atoms with van der Waals surface area (Å²) >= 11 is 0. The second kappa shape index (κ2) is 5.41. The normalized spacial score (nSPS) is 12.5. The van der Waals surface area contributed by atoms with Crippen LogP contribution in [0.5, 0.6) is 5.75 Å². The Labute approximate surface area is 120 Å². The summed E-state index contributed by atoms with van der Waals surface area (Å²) in [5.41, 5.74) is 1.00. The number of ether oxygens (including phenoxy) is 1. The van der Waals surface area contributed by atoms with Gasteiger partial charge in [-0.25, -0.2) is 9.48 Å².